The lowest BCUT2D eigenvalue weighted by atomic mass is 10.2. The van der Waals surface area contributed by atoms with E-state index in [4.69, 9.17) is 5.26 Å². The average Bonchev–Trinajstić information content (AvgIpc) is 3.14. The first kappa shape index (κ1) is 16.5. The number of unbranched alkanes of at least 4 members (excludes halogenated alkanes) is 2. The quantitative estimate of drug-likeness (QED) is 0.592. The molecule has 0 aliphatic rings. The van der Waals surface area contributed by atoms with Gasteiger partial charge in [-0.05, 0) is 17.9 Å². The summed E-state index contributed by atoms with van der Waals surface area (Å²) in [6.45, 7) is 3.03. The third-order valence-corrected chi connectivity index (χ3v) is 4.76. The molecule has 116 valence electrons. The predicted molar refractivity (Wildman–Crippen MR) is 87.9 cm³/mol. The zero-order chi connectivity index (χ0) is 15.8. The van der Waals surface area contributed by atoms with Gasteiger partial charge in [0.15, 0.2) is 5.16 Å². The lowest BCUT2D eigenvalue weighted by Crippen LogP contribution is -2.14. The molecule has 2 heterocycles. The number of hydrogen-bond donors (Lipinski definition) is 1. The largest absolute Gasteiger partial charge is 0.316 e. The molecule has 22 heavy (non-hydrogen) atoms. The molecule has 0 saturated heterocycles. The van der Waals surface area contributed by atoms with Crippen molar-refractivity contribution in [2.45, 2.75) is 37.9 Å². The molecule has 0 bridgehead atoms. The van der Waals surface area contributed by atoms with E-state index < -0.39 is 0 Å². The van der Waals surface area contributed by atoms with Gasteiger partial charge in [-0.2, -0.15) is 5.26 Å². The lowest BCUT2D eigenvalue weighted by molar-refractivity contribution is -0.113. The topological polar surface area (TPSA) is 83.6 Å². The van der Waals surface area contributed by atoms with Crippen molar-refractivity contribution in [2.75, 3.05) is 11.1 Å². The van der Waals surface area contributed by atoms with Gasteiger partial charge in [0.25, 0.3) is 0 Å². The first-order valence-electron chi connectivity index (χ1n) is 7.02. The van der Waals surface area contributed by atoms with E-state index in [1.165, 1.54) is 23.1 Å². The van der Waals surface area contributed by atoms with Crippen LogP contribution in [-0.2, 0) is 11.3 Å². The molecule has 2 aromatic rings. The van der Waals surface area contributed by atoms with Crippen molar-refractivity contribution >= 4 is 34.0 Å². The third kappa shape index (κ3) is 4.58. The first-order valence-corrected chi connectivity index (χ1v) is 8.89. The van der Waals surface area contributed by atoms with Crippen LogP contribution in [0.15, 0.2) is 22.9 Å². The summed E-state index contributed by atoms with van der Waals surface area (Å²) in [5, 5.41) is 22.7. The Morgan fingerprint density at radius 1 is 1.55 bits per heavy atom. The molecule has 1 amide bonds. The minimum atomic E-state index is -0.146. The van der Waals surface area contributed by atoms with Crippen molar-refractivity contribution in [1.29, 1.82) is 5.26 Å². The molecule has 0 atom stereocenters. The maximum atomic E-state index is 12.0. The van der Waals surface area contributed by atoms with Crippen LogP contribution >= 0.6 is 23.1 Å². The van der Waals surface area contributed by atoms with Gasteiger partial charge in [-0.15, -0.1) is 21.5 Å². The highest BCUT2D eigenvalue weighted by molar-refractivity contribution is 7.99. The fourth-order valence-corrected chi connectivity index (χ4v) is 3.32. The number of thioether (sulfide) groups is 1. The summed E-state index contributed by atoms with van der Waals surface area (Å²) in [5.41, 5.74) is 0.492. The molecule has 0 fully saturated rings. The zero-order valence-corrected chi connectivity index (χ0v) is 13.9. The number of aryl methyl sites for hydroxylation is 1. The number of thiophene rings is 1. The highest BCUT2D eigenvalue weighted by Crippen LogP contribution is 2.23. The van der Waals surface area contributed by atoms with Crippen LogP contribution in [0.3, 0.4) is 0 Å². The molecule has 0 unspecified atom stereocenters. The van der Waals surface area contributed by atoms with Crippen LogP contribution in [0.2, 0.25) is 0 Å². The zero-order valence-electron chi connectivity index (χ0n) is 12.3. The Hall–Kier alpha value is -1.85. The van der Waals surface area contributed by atoms with Crippen LogP contribution in [-0.4, -0.2) is 26.4 Å². The molecule has 0 saturated carbocycles. The van der Waals surface area contributed by atoms with E-state index in [1.54, 1.807) is 17.8 Å². The second-order valence-corrected chi connectivity index (χ2v) is 6.48. The van der Waals surface area contributed by atoms with Crippen molar-refractivity contribution < 1.29 is 4.79 Å². The molecule has 0 aliphatic carbocycles. The van der Waals surface area contributed by atoms with Gasteiger partial charge in [0, 0.05) is 6.54 Å². The van der Waals surface area contributed by atoms with Gasteiger partial charge < -0.3 is 9.88 Å². The summed E-state index contributed by atoms with van der Waals surface area (Å²) in [7, 11) is 0. The van der Waals surface area contributed by atoms with Crippen molar-refractivity contribution in [3.05, 3.63) is 23.3 Å². The van der Waals surface area contributed by atoms with E-state index in [9.17, 15) is 4.79 Å². The number of nitrogens with zero attached hydrogens (tertiary/aromatic N) is 4. The highest BCUT2D eigenvalue weighted by atomic mass is 32.2. The summed E-state index contributed by atoms with van der Waals surface area (Å²) in [4.78, 5) is 12.0. The number of aromatic nitrogens is 3. The maximum absolute atomic E-state index is 12.0. The Kier molecular flexibility index (Phi) is 6.43. The summed E-state index contributed by atoms with van der Waals surface area (Å²) in [6.07, 6.45) is 5.10. The Morgan fingerprint density at radius 3 is 3.18 bits per heavy atom. The molecular formula is C14H17N5OS2. The van der Waals surface area contributed by atoms with Crippen molar-refractivity contribution in [2.24, 2.45) is 0 Å². The summed E-state index contributed by atoms with van der Waals surface area (Å²) < 4.78 is 1.97. The number of carbonyl (C=O) groups excluding carboxylic acids is 1. The Morgan fingerprint density at radius 2 is 2.41 bits per heavy atom. The molecule has 0 radical (unpaired) electrons. The van der Waals surface area contributed by atoms with Crippen molar-refractivity contribution in [3.8, 4) is 6.07 Å². The van der Waals surface area contributed by atoms with E-state index in [2.05, 4.69) is 28.5 Å². The average molecular weight is 335 g/mol. The number of rotatable bonds is 8. The number of hydrogen-bond acceptors (Lipinski definition) is 6. The van der Waals surface area contributed by atoms with Gasteiger partial charge in [0.05, 0.1) is 11.3 Å². The number of carbonyl (C=O) groups is 1. The van der Waals surface area contributed by atoms with E-state index in [0.29, 0.717) is 10.6 Å². The molecule has 2 aromatic heterocycles. The van der Waals surface area contributed by atoms with Crippen molar-refractivity contribution in [1.82, 2.24) is 14.8 Å². The number of nitrogens with one attached hydrogen (secondary N) is 1. The van der Waals surface area contributed by atoms with Crippen LogP contribution in [0.4, 0.5) is 5.00 Å². The molecule has 8 heteroatoms. The lowest BCUT2D eigenvalue weighted by Gasteiger charge is -2.06. The van der Waals surface area contributed by atoms with Gasteiger partial charge in [0.1, 0.15) is 17.4 Å². The molecule has 0 aromatic carbocycles. The summed E-state index contributed by atoms with van der Waals surface area (Å²) in [5.74, 6) is 0.0990. The minimum absolute atomic E-state index is 0.146. The fraction of sp³-hybridized carbons (Fsp3) is 0.429. The maximum Gasteiger partial charge on any atom is 0.235 e. The van der Waals surface area contributed by atoms with Gasteiger partial charge in [-0.3, -0.25) is 4.79 Å². The van der Waals surface area contributed by atoms with Crippen LogP contribution in [0.5, 0.6) is 0 Å². The van der Waals surface area contributed by atoms with E-state index in [0.717, 1.165) is 31.0 Å². The third-order valence-electron chi connectivity index (χ3n) is 2.95. The molecular weight excluding hydrogens is 318 g/mol. The number of nitriles is 1. The summed E-state index contributed by atoms with van der Waals surface area (Å²) >= 11 is 2.70. The molecule has 1 N–H and O–H groups in total. The SMILES string of the molecule is CCCCCn1cnnc1SCC(=O)Nc1sccc1C#N. The van der Waals surface area contributed by atoms with Gasteiger partial charge >= 0.3 is 0 Å². The normalized spacial score (nSPS) is 10.4. The molecule has 6 nitrogen and oxygen atoms in total. The highest BCUT2D eigenvalue weighted by Gasteiger charge is 2.11. The van der Waals surface area contributed by atoms with Gasteiger partial charge in [0.2, 0.25) is 5.91 Å². The standard InChI is InChI=1S/C14H17N5OS2/c1-2-3-4-6-19-10-16-18-14(19)22-9-12(20)17-13-11(8-15)5-7-21-13/h5,7,10H,2-4,6,9H2,1H3,(H,17,20). The number of anilines is 1. The predicted octanol–water partition coefficient (Wildman–Crippen LogP) is 3.13. The second kappa shape index (κ2) is 8.56. The van der Waals surface area contributed by atoms with Crippen LogP contribution in [0.25, 0.3) is 0 Å². The first-order chi connectivity index (χ1) is 10.7. The monoisotopic (exact) mass is 335 g/mol. The van der Waals surface area contributed by atoms with E-state index in [1.807, 2.05) is 4.57 Å². The fourth-order valence-electron chi connectivity index (χ4n) is 1.83. The minimum Gasteiger partial charge on any atom is -0.316 e. The van der Waals surface area contributed by atoms with Crippen molar-refractivity contribution in [3.63, 3.8) is 0 Å². The Balaban J connectivity index is 1.84. The Bertz CT molecular complexity index is 658. The van der Waals surface area contributed by atoms with E-state index in [-0.39, 0.29) is 11.7 Å². The smallest absolute Gasteiger partial charge is 0.235 e. The molecule has 0 spiro atoms. The Labute approximate surface area is 137 Å². The second-order valence-electron chi connectivity index (χ2n) is 4.63. The van der Waals surface area contributed by atoms with Crippen LogP contribution < -0.4 is 5.32 Å². The molecule has 0 aliphatic heterocycles. The number of amides is 1. The van der Waals surface area contributed by atoms with Crippen LogP contribution in [0.1, 0.15) is 31.7 Å². The van der Waals surface area contributed by atoms with E-state index >= 15 is 0 Å². The van der Waals surface area contributed by atoms with Gasteiger partial charge in [-0.1, -0.05) is 31.5 Å². The summed E-state index contributed by atoms with van der Waals surface area (Å²) in [6, 6.07) is 3.74. The van der Waals surface area contributed by atoms with Crippen LogP contribution in [0, 0.1) is 11.3 Å². The van der Waals surface area contributed by atoms with Gasteiger partial charge in [-0.25, -0.2) is 0 Å². The molecule has 2 rings (SSSR count).